The van der Waals surface area contributed by atoms with Crippen LogP contribution in [0.15, 0.2) is 48.6 Å². The van der Waals surface area contributed by atoms with Crippen molar-refractivity contribution in [2.75, 3.05) is 26.2 Å². The van der Waals surface area contributed by atoms with E-state index in [1.54, 1.807) is 21.9 Å². The van der Waals surface area contributed by atoms with Crippen LogP contribution in [0.25, 0.3) is 33.9 Å². The lowest BCUT2D eigenvalue weighted by Crippen LogP contribution is -2.39. The van der Waals surface area contributed by atoms with E-state index in [0.717, 1.165) is 11.1 Å². The molecule has 0 fully saturated rings. The minimum atomic E-state index is -5.23. The van der Waals surface area contributed by atoms with Gasteiger partial charge < -0.3 is 30.6 Å². The maximum atomic E-state index is 15.7. The number of hydrogen-bond donors (Lipinski definition) is 4. The van der Waals surface area contributed by atoms with Crippen molar-refractivity contribution in [3.63, 3.8) is 0 Å². The van der Waals surface area contributed by atoms with Gasteiger partial charge >= 0.3 is 12.1 Å². The zero-order chi connectivity index (χ0) is 34.0. The molecule has 5 rings (SSSR count). The zero-order valence-corrected chi connectivity index (χ0v) is 25.2. The molecule has 248 valence electrons. The predicted molar refractivity (Wildman–Crippen MR) is 165 cm³/mol. The molecule has 0 aliphatic carbocycles. The largest absolute Gasteiger partial charge is 0.490 e. The van der Waals surface area contributed by atoms with Crippen molar-refractivity contribution in [2.45, 2.75) is 38.6 Å². The highest BCUT2D eigenvalue weighted by atomic mass is 19.4. The van der Waals surface area contributed by atoms with Crippen LogP contribution in [0, 0.1) is 22.5 Å². The Hall–Kier alpha value is -5.28. The van der Waals surface area contributed by atoms with E-state index in [0.29, 0.717) is 50.1 Å². The molecule has 3 aromatic rings. The molecule has 1 aromatic heterocycles. The van der Waals surface area contributed by atoms with Gasteiger partial charge in [-0.25, -0.2) is 13.6 Å². The molecule has 3 heterocycles. The smallest absolute Gasteiger partial charge is 0.454 e. The molecule has 0 bridgehead atoms. The second-order valence-electron chi connectivity index (χ2n) is 11.2. The third kappa shape index (κ3) is 7.26. The van der Waals surface area contributed by atoms with Gasteiger partial charge in [0.2, 0.25) is 0 Å². The number of nitrogens with two attached hydrogens (primary N) is 2. The van der Waals surface area contributed by atoms with Crippen LogP contribution in [0.3, 0.4) is 0 Å². The van der Waals surface area contributed by atoms with Gasteiger partial charge in [0.15, 0.2) is 23.6 Å². The van der Waals surface area contributed by atoms with Crippen LogP contribution in [0.2, 0.25) is 0 Å². The first-order valence-electron chi connectivity index (χ1n) is 14.6. The van der Waals surface area contributed by atoms with E-state index in [4.69, 9.17) is 22.3 Å². The lowest BCUT2D eigenvalue weighted by atomic mass is 9.97. The maximum Gasteiger partial charge on any atom is 0.490 e. The molecule has 6 N–H and O–H groups in total. The fourth-order valence-electron chi connectivity index (χ4n) is 5.51. The first-order chi connectivity index (χ1) is 22.2. The van der Waals surface area contributed by atoms with Crippen molar-refractivity contribution in [1.82, 2.24) is 24.6 Å². The van der Waals surface area contributed by atoms with E-state index in [-0.39, 0.29) is 34.7 Å². The first kappa shape index (κ1) is 33.1. The summed E-state index contributed by atoms with van der Waals surface area (Å²) in [6.45, 7) is 2.51. The Balaban J connectivity index is 1.49. The van der Waals surface area contributed by atoms with Crippen molar-refractivity contribution in [2.24, 2.45) is 11.5 Å². The molecule has 2 aliphatic heterocycles. The van der Waals surface area contributed by atoms with Crippen LogP contribution in [0.4, 0.5) is 22.0 Å². The van der Waals surface area contributed by atoms with Crippen LogP contribution >= 0.6 is 0 Å². The number of hydrogen-bond acceptors (Lipinski definition) is 6. The Labute approximate surface area is 266 Å². The number of rotatable bonds is 7. The summed E-state index contributed by atoms with van der Waals surface area (Å²) < 4.78 is 76.0. The van der Waals surface area contributed by atoms with Crippen LogP contribution in [-0.4, -0.2) is 80.9 Å². The second-order valence-corrected chi connectivity index (χ2v) is 11.2. The van der Waals surface area contributed by atoms with Crippen LogP contribution in [0.5, 0.6) is 0 Å². The molecule has 1 atom stereocenters. The number of nitrogens with one attached hydrogen (secondary N) is 2. The molecule has 0 radical (unpaired) electrons. The Kier molecular flexibility index (Phi) is 9.31. The predicted octanol–water partition coefficient (Wildman–Crippen LogP) is 4.35. The number of nitrogens with zero attached hydrogens (tertiary/aromatic N) is 5. The van der Waals surface area contributed by atoms with Crippen molar-refractivity contribution in [3.05, 3.63) is 71.3 Å². The zero-order valence-electron chi connectivity index (χ0n) is 25.2. The van der Waals surface area contributed by atoms with Gasteiger partial charge in [-0.05, 0) is 66.3 Å². The number of benzene rings is 2. The van der Waals surface area contributed by atoms with Gasteiger partial charge in [0.1, 0.15) is 17.7 Å². The van der Waals surface area contributed by atoms with E-state index in [1.807, 2.05) is 12.2 Å². The lowest BCUT2D eigenvalue weighted by molar-refractivity contribution is -0.204. The number of carbonyl (C=O) groups excluding carboxylic acids is 1. The summed E-state index contributed by atoms with van der Waals surface area (Å²) >= 11 is 0. The van der Waals surface area contributed by atoms with Crippen LogP contribution in [0.1, 0.15) is 30.9 Å². The van der Waals surface area contributed by atoms with E-state index >= 15 is 8.78 Å². The van der Waals surface area contributed by atoms with Gasteiger partial charge in [0.05, 0.1) is 17.7 Å². The van der Waals surface area contributed by atoms with Crippen LogP contribution in [-0.2, 0) is 16.1 Å². The van der Waals surface area contributed by atoms with Gasteiger partial charge in [-0.3, -0.25) is 10.8 Å². The van der Waals surface area contributed by atoms with Crippen LogP contribution < -0.4 is 11.5 Å². The first-order valence-corrected chi connectivity index (χ1v) is 14.6. The number of alkyl halides is 3. The summed E-state index contributed by atoms with van der Waals surface area (Å²) in [4.78, 5) is 14.9. The number of aromatic nitrogens is 3. The standard InChI is InChI=1S/C31H32F5N9O2/c1-17(47-28(46)31(34,35)36)16-45-26(22-4-2-20(14-24(22)32)18-6-10-43(11-7-18)29(37)38)41-42-27(45)23-5-3-21(15-25(23)33)19-8-12-44(13-9-19)30(39)40/h2-6,8,14-15,17H,7,9-13,16H2,1H3,(H3,37,38)(H3,39,40). The lowest BCUT2D eigenvalue weighted by Gasteiger charge is -2.26. The maximum absolute atomic E-state index is 15.7. The molecule has 2 aromatic carbocycles. The third-order valence-electron chi connectivity index (χ3n) is 7.99. The Bertz CT molecular complexity index is 1670. The van der Waals surface area contributed by atoms with E-state index in [9.17, 15) is 18.0 Å². The normalized spacial score (nSPS) is 16.0. The summed E-state index contributed by atoms with van der Waals surface area (Å²) in [5.74, 6) is -4.17. The molecule has 11 nitrogen and oxygen atoms in total. The second kappa shape index (κ2) is 13.2. The van der Waals surface area contributed by atoms with Crippen molar-refractivity contribution in [3.8, 4) is 22.8 Å². The molecular weight excluding hydrogens is 625 g/mol. The van der Waals surface area contributed by atoms with E-state index < -0.39 is 36.4 Å². The molecule has 16 heteroatoms. The van der Waals surface area contributed by atoms with Crippen molar-refractivity contribution >= 4 is 29.0 Å². The number of halogens is 5. The quantitative estimate of drug-likeness (QED) is 0.126. The average Bonchev–Trinajstić information content (AvgIpc) is 3.42. The summed E-state index contributed by atoms with van der Waals surface area (Å²) in [5.41, 5.74) is 13.8. The highest BCUT2D eigenvalue weighted by Crippen LogP contribution is 2.33. The Morgan fingerprint density at radius 1 is 0.872 bits per heavy atom. The molecule has 47 heavy (non-hydrogen) atoms. The van der Waals surface area contributed by atoms with Gasteiger partial charge in [-0.1, -0.05) is 24.3 Å². The molecule has 1 unspecified atom stereocenters. The van der Waals surface area contributed by atoms with Gasteiger partial charge in [0, 0.05) is 26.2 Å². The molecule has 0 spiro atoms. The SMILES string of the molecule is CC(Cn1c(-c2ccc(C3=CCN(C(=N)N)CC3)cc2F)nnc1-c1ccc(C2=CCN(C(=N)N)CC2)cc1F)OC(=O)C(F)(F)F. The fourth-order valence-corrected chi connectivity index (χ4v) is 5.51. The van der Waals surface area contributed by atoms with Gasteiger partial charge in [-0.2, -0.15) is 13.2 Å². The van der Waals surface area contributed by atoms with Gasteiger partial charge in [-0.15, -0.1) is 10.2 Å². The van der Waals surface area contributed by atoms with E-state index in [2.05, 4.69) is 14.9 Å². The molecule has 0 saturated carbocycles. The van der Waals surface area contributed by atoms with Crippen molar-refractivity contribution < 1.29 is 31.5 Å². The number of ether oxygens (including phenoxy) is 1. The number of esters is 1. The highest BCUT2D eigenvalue weighted by Gasteiger charge is 2.42. The highest BCUT2D eigenvalue weighted by molar-refractivity contribution is 5.79. The molecule has 0 amide bonds. The minimum absolute atomic E-state index is 0.0527. The summed E-state index contributed by atoms with van der Waals surface area (Å²) in [7, 11) is 0. The van der Waals surface area contributed by atoms with Crippen molar-refractivity contribution in [1.29, 1.82) is 10.8 Å². The molecule has 0 saturated heterocycles. The average molecular weight is 658 g/mol. The van der Waals surface area contributed by atoms with Gasteiger partial charge in [0.25, 0.3) is 0 Å². The third-order valence-corrected chi connectivity index (χ3v) is 7.99. The molecule has 2 aliphatic rings. The monoisotopic (exact) mass is 657 g/mol. The number of guanidine groups is 2. The fraction of sp³-hybridized carbons (Fsp3) is 0.323. The summed E-state index contributed by atoms with van der Waals surface area (Å²) in [6.07, 6.45) is -1.90. The van der Waals surface area contributed by atoms with E-state index in [1.165, 1.54) is 35.8 Å². The molecular formula is C31H32F5N9O2. The Morgan fingerprint density at radius 3 is 1.66 bits per heavy atom. The summed E-state index contributed by atoms with van der Waals surface area (Å²) in [6, 6.07) is 8.77. The topological polar surface area (TPSA) is 163 Å². The summed E-state index contributed by atoms with van der Waals surface area (Å²) in [5, 5.41) is 23.4. The Morgan fingerprint density at radius 2 is 1.32 bits per heavy atom. The minimum Gasteiger partial charge on any atom is -0.454 e. The number of carbonyl (C=O) groups is 1.